The molecule has 0 saturated heterocycles. The van der Waals surface area contributed by atoms with Crippen molar-refractivity contribution in [3.63, 3.8) is 0 Å². The van der Waals surface area contributed by atoms with Gasteiger partial charge >= 0.3 is 6.03 Å². The van der Waals surface area contributed by atoms with E-state index in [0.29, 0.717) is 11.4 Å². The van der Waals surface area contributed by atoms with Crippen LogP contribution in [0.15, 0.2) is 59.2 Å². The summed E-state index contributed by atoms with van der Waals surface area (Å²) < 4.78 is 6.18. The lowest BCUT2D eigenvalue weighted by Gasteiger charge is -2.09. The van der Waals surface area contributed by atoms with Crippen LogP contribution in [0.5, 0.6) is 5.75 Å². The summed E-state index contributed by atoms with van der Waals surface area (Å²) in [5.41, 5.74) is 1.62. The topological polar surface area (TPSA) is 50.4 Å². The quantitative estimate of drug-likeness (QED) is 0.869. The van der Waals surface area contributed by atoms with Gasteiger partial charge in [-0.1, -0.05) is 40.2 Å². The molecule has 0 radical (unpaired) electrons. The van der Waals surface area contributed by atoms with Gasteiger partial charge in [0, 0.05) is 10.7 Å². The lowest BCUT2D eigenvalue weighted by molar-refractivity contribution is 0.255. The Kier molecular flexibility index (Phi) is 5.40. The highest BCUT2D eigenvalue weighted by molar-refractivity contribution is 9.10. The van der Waals surface area contributed by atoms with Gasteiger partial charge in [0.25, 0.3) is 0 Å². The smallest absolute Gasteiger partial charge is 0.323 e. The number of anilines is 1. The van der Waals surface area contributed by atoms with E-state index in [0.717, 1.165) is 10.0 Å². The van der Waals surface area contributed by atoms with Gasteiger partial charge in [0.2, 0.25) is 0 Å². The lowest BCUT2D eigenvalue weighted by atomic mass is 10.2. The largest absolute Gasteiger partial charge is 0.495 e. The Morgan fingerprint density at radius 3 is 2.57 bits per heavy atom. The number of nitrogens with one attached hydrogen (secondary N) is 2. The summed E-state index contributed by atoms with van der Waals surface area (Å²) in [7, 11) is 1.56. The second-order valence-corrected chi connectivity index (χ2v) is 5.10. The number of halogens is 1. The Morgan fingerprint density at radius 1 is 1.14 bits per heavy atom. The van der Waals surface area contributed by atoms with Crippen molar-refractivity contribution in [2.75, 3.05) is 12.4 Å². The maximum Gasteiger partial charge on any atom is 0.323 e. The molecule has 0 aliphatic carbocycles. The third kappa shape index (κ3) is 4.65. The van der Waals surface area contributed by atoms with Crippen molar-refractivity contribution in [2.24, 2.45) is 0 Å². The zero-order valence-electron chi connectivity index (χ0n) is 11.5. The molecule has 4 nitrogen and oxygen atoms in total. The monoisotopic (exact) mass is 346 g/mol. The molecule has 0 saturated carbocycles. The van der Waals surface area contributed by atoms with Crippen LogP contribution < -0.4 is 15.4 Å². The number of ether oxygens (including phenoxy) is 1. The first-order chi connectivity index (χ1) is 10.2. The fourth-order valence-corrected chi connectivity index (χ4v) is 1.96. The van der Waals surface area contributed by atoms with Gasteiger partial charge in [0.1, 0.15) is 5.75 Å². The standard InChI is InChI=1S/C16H15BrN2O2/c1-21-15-5-3-2-4-14(15)19-16(20)18-11-10-12-6-8-13(17)9-7-12/h2-11H,1H3,(H2,18,19,20)/b11-10+. The summed E-state index contributed by atoms with van der Waals surface area (Å²) in [5, 5.41) is 5.37. The number of carbonyl (C=O) groups excluding carboxylic acids is 1. The molecule has 0 bridgehead atoms. The van der Waals surface area contributed by atoms with E-state index in [1.54, 1.807) is 25.4 Å². The molecule has 2 N–H and O–H groups in total. The van der Waals surface area contributed by atoms with E-state index < -0.39 is 0 Å². The summed E-state index contributed by atoms with van der Waals surface area (Å²) in [6.45, 7) is 0. The number of carbonyl (C=O) groups is 1. The number of benzene rings is 2. The second kappa shape index (κ2) is 7.50. The van der Waals surface area contributed by atoms with Crippen LogP contribution in [0.25, 0.3) is 6.08 Å². The van der Waals surface area contributed by atoms with E-state index >= 15 is 0 Å². The molecule has 2 aromatic carbocycles. The fourth-order valence-electron chi connectivity index (χ4n) is 1.69. The van der Waals surface area contributed by atoms with Crippen molar-refractivity contribution < 1.29 is 9.53 Å². The highest BCUT2D eigenvalue weighted by Gasteiger charge is 2.04. The molecule has 0 aliphatic heterocycles. The van der Waals surface area contributed by atoms with Crippen molar-refractivity contribution in [1.82, 2.24) is 5.32 Å². The SMILES string of the molecule is COc1ccccc1NC(=O)N/C=C/c1ccc(Br)cc1. The average molecular weight is 347 g/mol. The van der Waals surface area contributed by atoms with Crippen molar-refractivity contribution >= 4 is 33.7 Å². The molecule has 5 heteroatoms. The Balaban J connectivity index is 1.91. The molecule has 0 atom stereocenters. The van der Waals surface area contributed by atoms with E-state index in [-0.39, 0.29) is 6.03 Å². The van der Waals surface area contributed by atoms with Crippen LogP contribution in [0.3, 0.4) is 0 Å². The van der Waals surface area contributed by atoms with E-state index in [9.17, 15) is 4.79 Å². The first kappa shape index (κ1) is 15.1. The fraction of sp³-hybridized carbons (Fsp3) is 0.0625. The number of methoxy groups -OCH3 is 1. The molecule has 0 heterocycles. The first-order valence-corrected chi connectivity index (χ1v) is 7.11. The van der Waals surface area contributed by atoms with Crippen LogP contribution in [-0.2, 0) is 0 Å². The van der Waals surface area contributed by atoms with Gasteiger partial charge in [-0.25, -0.2) is 4.79 Å². The first-order valence-electron chi connectivity index (χ1n) is 6.31. The summed E-state index contributed by atoms with van der Waals surface area (Å²) >= 11 is 3.37. The predicted molar refractivity (Wildman–Crippen MR) is 88.3 cm³/mol. The molecule has 0 fully saturated rings. The molecule has 2 rings (SSSR count). The molecule has 2 amide bonds. The van der Waals surface area contributed by atoms with Gasteiger partial charge in [-0.05, 0) is 35.9 Å². The van der Waals surface area contributed by atoms with Crippen molar-refractivity contribution in [1.29, 1.82) is 0 Å². The van der Waals surface area contributed by atoms with E-state index in [1.807, 2.05) is 42.5 Å². The molecular weight excluding hydrogens is 332 g/mol. The average Bonchev–Trinajstić information content (AvgIpc) is 2.50. The van der Waals surface area contributed by atoms with Crippen molar-refractivity contribution in [2.45, 2.75) is 0 Å². The Labute approximate surface area is 132 Å². The minimum Gasteiger partial charge on any atom is -0.495 e. The number of urea groups is 1. The summed E-state index contributed by atoms with van der Waals surface area (Å²) in [6, 6.07) is 14.7. The maximum atomic E-state index is 11.8. The minimum atomic E-state index is -0.326. The van der Waals surface area contributed by atoms with E-state index in [4.69, 9.17) is 4.74 Å². The van der Waals surface area contributed by atoms with Gasteiger partial charge in [-0.3, -0.25) is 0 Å². The molecule has 2 aromatic rings. The van der Waals surface area contributed by atoms with Crippen molar-refractivity contribution in [3.05, 3.63) is 64.8 Å². The summed E-state index contributed by atoms with van der Waals surface area (Å²) in [6.07, 6.45) is 3.40. The van der Waals surface area contributed by atoms with Gasteiger partial charge in [-0.2, -0.15) is 0 Å². The highest BCUT2D eigenvalue weighted by atomic mass is 79.9. The van der Waals surface area contributed by atoms with Gasteiger partial charge < -0.3 is 15.4 Å². The van der Waals surface area contributed by atoms with Crippen LogP contribution in [-0.4, -0.2) is 13.1 Å². The van der Waals surface area contributed by atoms with Crippen molar-refractivity contribution in [3.8, 4) is 5.75 Å². The summed E-state index contributed by atoms with van der Waals surface area (Å²) in [5.74, 6) is 0.615. The molecule has 0 unspecified atom stereocenters. The summed E-state index contributed by atoms with van der Waals surface area (Å²) in [4.78, 5) is 11.8. The zero-order valence-corrected chi connectivity index (χ0v) is 13.1. The number of hydrogen-bond donors (Lipinski definition) is 2. The van der Waals surface area contributed by atoms with E-state index in [2.05, 4.69) is 26.6 Å². The predicted octanol–water partition coefficient (Wildman–Crippen LogP) is 4.25. The number of rotatable bonds is 4. The van der Waals surface area contributed by atoms with Gasteiger partial charge in [0.15, 0.2) is 0 Å². The van der Waals surface area contributed by atoms with Crippen LogP contribution in [0.4, 0.5) is 10.5 Å². The lowest BCUT2D eigenvalue weighted by Crippen LogP contribution is -2.23. The highest BCUT2D eigenvalue weighted by Crippen LogP contribution is 2.22. The number of para-hydroxylation sites is 2. The van der Waals surface area contributed by atoms with Gasteiger partial charge in [0.05, 0.1) is 12.8 Å². The molecular formula is C16H15BrN2O2. The number of amides is 2. The molecule has 21 heavy (non-hydrogen) atoms. The zero-order chi connectivity index (χ0) is 15.1. The Morgan fingerprint density at radius 2 is 1.86 bits per heavy atom. The third-order valence-electron chi connectivity index (χ3n) is 2.72. The van der Waals surface area contributed by atoms with Crippen LogP contribution in [0.2, 0.25) is 0 Å². The number of hydrogen-bond acceptors (Lipinski definition) is 2. The van der Waals surface area contributed by atoms with E-state index in [1.165, 1.54) is 0 Å². The van der Waals surface area contributed by atoms with Crippen LogP contribution in [0, 0.1) is 0 Å². The molecule has 0 aromatic heterocycles. The normalized spacial score (nSPS) is 10.4. The molecule has 0 spiro atoms. The van der Waals surface area contributed by atoms with Crippen LogP contribution in [0.1, 0.15) is 5.56 Å². The Bertz CT molecular complexity index is 639. The Hall–Kier alpha value is -2.27. The van der Waals surface area contributed by atoms with Crippen LogP contribution >= 0.6 is 15.9 Å². The van der Waals surface area contributed by atoms with Gasteiger partial charge in [-0.15, -0.1) is 0 Å². The maximum absolute atomic E-state index is 11.8. The third-order valence-corrected chi connectivity index (χ3v) is 3.24. The minimum absolute atomic E-state index is 0.326. The molecule has 0 aliphatic rings. The molecule has 108 valence electrons. The second-order valence-electron chi connectivity index (χ2n) is 4.18.